The van der Waals surface area contributed by atoms with Crippen molar-refractivity contribution < 1.29 is 9.53 Å². The molecule has 162 valence electrons. The maximum atomic E-state index is 13.0. The van der Waals surface area contributed by atoms with Crippen molar-refractivity contribution in [3.05, 3.63) is 69.1 Å². The maximum absolute atomic E-state index is 13.0. The molecule has 0 radical (unpaired) electrons. The van der Waals surface area contributed by atoms with Gasteiger partial charge in [0.1, 0.15) is 16.4 Å². The Morgan fingerprint density at radius 1 is 1.12 bits per heavy atom. The summed E-state index contributed by atoms with van der Waals surface area (Å²) in [5.41, 5.74) is 4.39. The molecule has 0 saturated carbocycles. The van der Waals surface area contributed by atoms with Gasteiger partial charge in [0.25, 0.3) is 11.5 Å². The van der Waals surface area contributed by atoms with Crippen LogP contribution in [0.15, 0.2) is 47.3 Å². The zero-order chi connectivity index (χ0) is 22.4. The summed E-state index contributed by atoms with van der Waals surface area (Å²) in [6, 6.07) is 13.7. The number of anilines is 2. The SMILES string of the molecule is Cc1ccc(-c2c(C)sc3nc(CNc4ccc5c(c4)NC(=O)[C@H](C)O5)[nH]c(=O)c23)cc1. The van der Waals surface area contributed by atoms with Crippen LogP contribution in [-0.2, 0) is 11.3 Å². The highest BCUT2D eigenvalue weighted by molar-refractivity contribution is 7.19. The molecule has 32 heavy (non-hydrogen) atoms. The number of carbonyl (C=O) groups is 1. The summed E-state index contributed by atoms with van der Waals surface area (Å²) in [6.07, 6.45) is -0.513. The fourth-order valence-electron chi connectivity index (χ4n) is 3.82. The quantitative estimate of drug-likeness (QED) is 0.426. The number of amides is 1. The Labute approximate surface area is 188 Å². The molecule has 7 nitrogen and oxygen atoms in total. The number of ether oxygens (including phenoxy) is 1. The number of hydrogen-bond acceptors (Lipinski definition) is 6. The molecular weight excluding hydrogens is 424 g/mol. The minimum absolute atomic E-state index is 0.146. The van der Waals surface area contributed by atoms with Crippen LogP contribution in [0, 0.1) is 13.8 Å². The number of nitrogens with zero attached hydrogens (tertiary/aromatic N) is 1. The molecule has 2 aromatic carbocycles. The predicted octanol–water partition coefficient (Wildman–Crippen LogP) is 4.60. The molecule has 0 unspecified atom stereocenters. The lowest BCUT2D eigenvalue weighted by Crippen LogP contribution is -2.34. The average molecular weight is 447 g/mol. The zero-order valence-electron chi connectivity index (χ0n) is 17.9. The molecule has 3 N–H and O–H groups in total. The van der Waals surface area contributed by atoms with Crippen molar-refractivity contribution in [2.45, 2.75) is 33.4 Å². The van der Waals surface area contributed by atoms with Gasteiger partial charge in [0.05, 0.1) is 17.6 Å². The van der Waals surface area contributed by atoms with Crippen molar-refractivity contribution in [3.8, 4) is 16.9 Å². The van der Waals surface area contributed by atoms with Gasteiger partial charge < -0.3 is 20.4 Å². The van der Waals surface area contributed by atoms with E-state index >= 15 is 0 Å². The fraction of sp³-hybridized carbons (Fsp3) is 0.208. The summed E-state index contributed by atoms with van der Waals surface area (Å²) in [7, 11) is 0. The molecule has 5 rings (SSSR count). The Bertz CT molecular complexity index is 1410. The van der Waals surface area contributed by atoms with E-state index in [2.05, 4.69) is 15.6 Å². The van der Waals surface area contributed by atoms with Gasteiger partial charge in [-0.15, -0.1) is 11.3 Å². The number of aromatic nitrogens is 2. The first-order valence-electron chi connectivity index (χ1n) is 10.3. The topological polar surface area (TPSA) is 96.1 Å². The monoisotopic (exact) mass is 446 g/mol. The van der Waals surface area contributed by atoms with E-state index in [1.807, 2.05) is 50.2 Å². The Hall–Kier alpha value is -3.65. The molecule has 0 saturated heterocycles. The molecule has 8 heteroatoms. The fourth-order valence-corrected chi connectivity index (χ4v) is 4.88. The standard InChI is InChI=1S/C24H22N4O3S/c1-12-4-6-15(7-5-12)20-14(3)32-24-21(20)23(30)27-19(28-24)11-25-16-8-9-18-17(10-16)26-22(29)13(2)31-18/h4-10,13,25H,11H2,1-3H3,(H,26,29)(H,27,28,30)/t13-/m0/s1. The second kappa shape index (κ2) is 7.80. The number of aryl methyl sites for hydroxylation is 2. The molecule has 3 heterocycles. The van der Waals surface area contributed by atoms with Crippen LogP contribution in [0.1, 0.15) is 23.2 Å². The normalized spacial score (nSPS) is 15.2. The van der Waals surface area contributed by atoms with Gasteiger partial charge >= 0.3 is 0 Å². The lowest BCUT2D eigenvalue weighted by molar-refractivity contribution is -0.122. The van der Waals surface area contributed by atoms with Gasteiger partial charge in [-0.05, 0) is 44.5 Å². The van der Waals surface area contributed by atoms with Crippen LogP contribution in [0.4, 0.5) is 11.4 Å². The van der Waals surface area contributed by atoms with Crippen molar-refractivity contribution in [1.29, 1.82) is 0 Å². The van der Waals surface area contributed by atoms with Gasteiger partial charge in [0.15, 0.2) is 6.10 Å². The predicted molar refractivity (Wildman–Crippen MR) is 128 cm³/mol. The van der Waals surface area contributed by atoms with Gasteiger partial charge in [-0.25, -0.2) is 4.98 Å². The Morgan fingerprint density at radius 3 is 2.69 bits per heavy atom. The van der Waals surface area contributed by atoms with E-state index in [9.17, 15) is 9.59 Å². The van der Waals surface area contributed by atoms with Crippen molar-refractivity contribution in [1.82, 2.24) is 9.97 Å². The summed E-state index contributed by atoms with van der Waals surface area (Å²) < 4.78 is 5.58. The van der Waals surface area contributed by atoms with Crippen LogP contribution in [0.5, 0.6) is 5.75 Å². The number of benzene rings is 2. The molecule has 0 fully saturated rings. The number of carbonyl (C=O) groups excluding carboxylic acids is 1. The van der Waals surface area contributed by atoms with Crippen LogP contribution in [0.25, 0.3) is 21.3 Å². The first kappa shape index (κ1) is 20.3. The number of rotatable bonds is 4. The van der Waals surface area contributed by atoms with Crippen LogP contribution >= 0.6 is 11.3 Å². The van der Waals surface area contributed by atoms with Crippen molar-refractivity contribution >= 4 is 38.8 Å². The van der Waals surface area contributed by atoms with Gasteiger partial charge in [0.2, 0.25) is 0 Å². The van der Waals surface area contributed by atoms with E-state index in [1.165, 1.54) is 16.9 Å². The molecular formula is C24H22N4O3S. The summed E-state index contributed by atoms with van der Waals surface area (Å²) >= 11 is 1.52. The largest absolute Gasteiger partial charge is 0.479 e. The highest BCUT2D eigenvalue weighted by Crippen LogP contribution is 2.36. The number of hydrogen-bond donors (Lipinski definition) is 3. The highest BCUT2D eigenvalue weighted by atomic mass is 32.1. The number of nitrogens with one attached hydrogen (secondary N) is 3. The van der Waals surface area contributed by atoms with Gasteiger partial charge in [0, 0.05) is 16.1 Å². The van der Waals surface area contributed by atoms with Gasteiger partial charge in [-0.3, -0.25) is 9.59 Å². The molecule has 4 aromatic rings. The van der Waals surface area contributed by atoms with Crippen molar-refractivity contribution in [2.75, 3.05) is 10.6 Å². The molecule has 0 spiro atoms. The maximum Gasteiger partial charge on any atom is 0.265 e. The molecule has 0 bridgehead atoms. The summed E-state index contributed by atoms with van der Waals surface area (Å²) in [4.78, 5) is 34.2. The highest BCUT2D eigenvalue weighted by Gasteiger charge is 2.23. The summed E-state index contributed by atoms with van der Waals surface area (Å²) in [5, 5.41) is 6.71. The number of aromatic amines is 1. The van der Waals surface area contributed by atoms with Gasteiger partial charge in [-0.1, -0.05) is 29.8 Å². The smallest absolute Gasteiger partial charge is 0.265 e. The molecule has 1 atom stereocenters. The first-order valence-corrected chi connectivity index (χ1v) is 11.2. The Balaban J connectivity index is 1.42. The molecule has 1 aliphatic rings. The third-order valence-electron chi connectivity index (χ3n) is 5.50. The second-order valence-corrected chi connectivity index (χ2v) is 9.11. The number of fused-ring (bicyclic) bond motifs is 2. The number of thiophene rings is 1. The minimum atomic E-state index is -0.513. The van der Waals surface area contributed by atoms with E-state index in [1.54, 1.807) is 13.0 Å². The van der Waals surface area contributed by atoms with Crippen LogP contribution in [0.2, 0.25) is 0 Å². The summed E-state index contributed by atoms with van der Waals surface area (Å²) in [6.45, 7) is 6.11. The van der Waals surface area contributed by atoms with E-state index in [4.69, 9.17) is 9.72 Å². The third kappa shape index (κ3) is 3.62. The number of H-pyrrole nitrogens is 1. The summed E-state index contributed by atoms with van der Waals surface area (Å²) in [5.74, 6) is 1.00. The van der Waals surface area contributed by atoms with Crippen LogP contribution in [0.3, 0.4) is 0 Å². The average Bonchev–Trinajstić information content (AvgIpc) is 3.10. The molecule has 1 aliphatic heterocycles. The van der Waals surface area contributed by atoms with Gasteiger partial charge in [-0.2, -0.15) is 0 Å². The van der Waals surface area contributed by atoms with E-state index in [0.717, 1.165) is 26.5 Å². The van der Waals surface area contributed by atoms with Crippen molar-refractivity contribution in [3.63, 3.8) is 0 Å². The zero-order valence-corrected chi connectivity index (χ0v) is 18.7. The third-order valence-corrected chi connectivity index (χ3v) is 6.50. The molecule has 2 aromatic heterocycles. The Kier molecular flexibility index (Phi) is 4.94. The van der Waals surface area contributed by atoms with Crippen LogP contribution < -0.4 is 20.9 Å². The lowest BCUT2D eigenvalue weighted by Gasteiger charge is -2.23. The Morgan fingerprint density at radius 2 is 1.91 bits per heavy atom. The van der Waals surface area contributed by atoms with Crippen molar-refractivity contribution in [2.24, 2.45) is 0 Å². The van der Waals surface area contributed by atoms with E-state index in [-0.39, 0.29) is 11.5 Å². The van der Waals surface area contributed by atoms with E-state index in [0.29, 0.717) is 29.2 Å². The molecule has 0 aliphatic carbocycles. The van der Waals surface area contributed by atoms with Crippen LogP contribution in [-0.4, -0.2) is 22.0 Å². The lowest BCUT2D eigenvalue weighted by atomic mass is 10.0. The first-order chi connectivity index (χ1) is 15.4. The molecule has 1 amide bonds. The van der Waals surface area contributed by atoms with E-state index < -0.39 is 6.10 Å². The second-order valence-electron chi connectivity index (χ2n) is 7.91. The minimum Gasteiger partial charge on any atom is -0.479 e.